The maximum atomic E-state index is 12.7. The Balaban J connectivity index is 1.63. The molecule has 0 saturated carbocycles. The van der Waals surface area contributed by atoms with Gasteiger partial charge in [0.2, 0.25) is 0 Å². The van der Waals surface area contributed by atoms with Crippen molar-refractivity contribution in [1.82, 2.24) is 10.7 Å². The van der Waals surface area contributed by atoms with Crippen molar-refractivity contribution < 1.29 is 14.3 Å². The fourth-order valence-electron chi connectivity index (χ4n) is 3.09. The van der Waals surface area contributed by atoms with Gasteiger partial charge in [0.1, 0.15) is 18.4 Å². The lowest BCUT2D eigenvalue weighted by Gasteiger charge is -2.20. The molecule has 0 bridgehead atoms. The van der Waals surface area contributed by atoms with Gasteiger partial charge in [0.25, 0.3) is 11.8 Å². The predicted molar refractivity (Wildman–Crippen MR) is 136 cm³/mol. The molecule has 0 aliphatic heterocycles. The molecule has 0 fully saturated rings. The van der Waals surface area contributed by atoms with E-state index in [1.54, 1.807) is 30.3 Å². The topological polar surface area (TPSA) is 79.8 Å². The van der Waals surface area contributed by atoms with Crippen LogP contribution < -0.4 is 15.5 Å². The van der Waals surface area contributed by atoms with Crippen LogP contribution in [0.25, 0.3) is 0 Å². The monoisotopic (exact) mass is 497 g/mol. The highest BCUT2D eigenvalue weighted by atomic mass is 35.5. The van der Waals surface area contributed by atoms with Crippen LogP contribution in [0.2, 0.25) is 10.0 Å². The van der Waals surface area contributed by atoms with Crippen LogP contribution in [0.15, 0.2) is 77.9 Å². The predicted octanol–water partition coefficient (Wildman–Crippen LogP) is 5.48. The highest BCUT2D eigenvalue weighted by molar-refractivity contribution is 6.31. The van der Waals surface area contributed by atoms with Gasteiger partial charge < -0.3 is 10.1 Å². The Kier molecular flexibility index (Phi) is 9.08. The van der Waals surface area contributed by atoms with E-state index in [1.165, 1.54) is 6.21 Å². The van der Waals surface area contributed by atoms with Crippen molar-refractivity contribution in [3.05, 3.63) is 99.5 Å². The molecule has 0 aliphatic carbocycles. The Labute approximate surface area is 208 Å². The Hall–Kier alpha value is -3.35. The number of benzene rings is 3. The Morgan fingerprint density at radius 2 is 1.65 bits per heavy atom. The maximum Gasteiger partial charge on any atom is 0.262 e. The van der Waals surface area contributed by atoms with Crippen LogP contribution in [0.1, 0.15) is 35.3 Å². The van der Waals surface area contributed by atoms with Gasteiger partial charge in [-0.15, -0.1) is 0 Å². The molecule has 0 aromatic heterocycles. The van der Waals surface area contributed by atoms with E-state index in [0.29, 0.717) is 33.5 Å². The van der Waals surface area contributed by atoms with E-state index < -0.39 is 11.9 Å². The first-order valence-electron chi connectivity index (χ1n) is 10.7. The largest absolute Gasteiger partial charge is 0.488 e. The van der Waals surface area contributed by atoms with Gasteiger partial charge in [-0.25, -0.2) is 5.43 Å². The Bertz CT molecular complexity index is 1160. The summed E-state index contributed by atoms with van der Waals surface area (Å²) >= 11 is 12.1. The van der Waals surface area contributed by atoms with Crippen molar-refractivity contribution in [1.29, 1.82) is 0 Å². The normalized spacial score (nSPS) is 11.9. The number of nitrogens with zero attached hydrogens (tertiary/aromatic N) is 1. The van der Waals surface area contributed by atoms with Gasteiger partial charge in [-0.3, -0.25) is 9.59 Å². The molecule has 3 aromatic carbocycles. The average Bonchev–Trinajstić information content (AvgIpc) is 2.82. The van der Waals surface area contributed by atoms with Gasteiger partial charge in [-0.2, -0.15) is 5.10 Å². The molecule has 3 aromatic rings. The minimum Gasteiger partial charge on any atom is -0.488 e. The summed E-state index contributed by atoms with van der Waals surface area (Å²) in [6, 6.07) is 20.4. The van der Waals surface area contributed by atoms with Gasteiger partial charge in [0.05, 0.1) is 6.21 Å². The number of nitrogens with one attached hydrogen (secondary N) is 2. The minimum absolute atomic E-state index is 0.155. The summed E-state index contributed by atoms with van der Waals surface area (Å²) in [5.41, 5.74) is 4.46. The zero-order valence-corrected chi connectivity index (χ0v) is 20.3. The van der Waals surface area contributed by atoms with E-state index in [-0.39, 0.29) is 11.8 Å². The summed E-state index contributed by atoms with van der Waals surface area (Å²) in [5, 5.41) is 7.98. The number of amides is 2. The average molecular weight is 498 g/mol. The molecule has 2 N–H and O–H groups in total. The number of halogens is 2. The zero-order chi connectivity index (χ0) is 24.5. The molecule has 1 atom stereocenters. The minimum atomic E-state index is -0.771. The fraction of sp³-hybridized carbons (Fsp3) is 0.192. The fourth-order valence-corrected chi connectivity index (χ4v) is 3.40. The van der Waals surface area contributed by atoms with Crippen molar-refractivity contribution in [2.75, 3.05) is 0 Å². The lowest BCUT2D eigenvalue weighted by molar-refractivity contribution is -0.123. The van der Waals surface area contributed by atoms with Crippen LogP contribution in [0.5, 0.6) is 5.75 Å². The van der Waals surface area contributed by atoms with Crippen LogP contribution >= 0.6 is 23.2 Å². The third-order valence-electron chi connectivity index (χ3n) is 4.98. The molecule has 0 aliphatic rings. The van der Waals surface area contributed by atoms with Crippen molar-refractivity contribution in [2.45, 2.75) is 26.5 Å². The van der Waals surface area contributed by atoms with E-state index >= 15 is 0 Å². The third kappa shape index (κ3) is 7.07. The molecule has 0 heterocycles. The summed E-state index contributed by atoms with van der Waals surface area (Å²) in [4.78, 5) is 25.3. The summed E-state index contributed by atoms with van der Waals surface area (Å²) in [5.74, 6) is -0.356. The van der Waals surface area contributed by atoms with E-state index in [4.69, 9.17) is 27.9 Å². The molecule has 2 amide bonds. The quantitative estimate of drug-likeness (QED) is 0.303. The van der Waals surface area contributed by atoms with Crippen LogP contribution in [0.3, 0.4) is 0 Å². The number of para-hydroxylation sites is 1. The standard InChI is InChI=1S/C26H25Cl2N3O3/c1-17(2)24(30-25(32)18-11-13-21(27)14-12-18)26(33)31-29-15-19-7-4-6-10-23(19)34-16-20-8-3-5-9-22(20)28/h3-15,17,24H,16H2,1-2H3,(H,30,32)(H,31,33)/b29-15-. The summed E-state index contributed by atoms with van der Waals surface area (Å²) in [6.07, 6.45) is 1.50. The molecule has 34 heavy (non-hydrogen) atoms. The molecular weight excluding hydrogens is 473 g/mol. The molecular formula is C26H25Cl2N3O3. The smallest absolute Gasteiger partial charge is 0.262 e. The first kappa shape index (κ1) is 25.3. The number of carbonyl (C=O) groups excluding carboxylic acids is 2. The van der Waals surface area contributed by atoms with Gasteiger partial charge in [-0.05, 0) is 48.4 Å². The van der Waals surface area contributed by atoms with E-state index in [0.717, 1.165) is 5.56 Å². The third-order valence-corrected chi connectivity index (χ3v) is 5.60. The van der Waals surface area contributed by atoms with Crippen molar-refractivity contribution >= 4 is 41.2 Å². The number of hydrogen-bond acceptors (Lipinski definition) is 4. The lowest BCUT2D eigenvalue weighted by atomic mass is 10.0. The van der Waals surface area contributed by atoms with Crippen LogP contribution in [0.4, 0.5) is 0 Å². The number of rotatable bonds is 9. The second-order valence-corrected chi connectivity index (χ2v) is 8.70. The molecule has 0 spiro atoms. The summed E-state index contributed by atoms with van der Waals surface area (Å²) in [7, 11) is 0. The van der Waals surface area contributed by atoms with Gasteiger partial charge in [-0.1, -0.05) is 67.4 Å². The van der Waals surface area contributed by atoms with Crippen LogP contribution in [-0.2, 0) is 11.4 Å². The van der Waals surface area contributed by atoms with E-state index in [9.17, 15) is 9.59 Å². The second kappa shape index (κ2) is 12.2. The number of ether oxygens (including phenoxy) is 1. The SMILES string of the molecule is CC(C)C(NC(=O)c1ccc(Cl)cc1)C(=O)N/N=C\c1ccccc1OCc1ccccc1Cl. The van der Waals surface area contributed by atoms with Crippen molar-refractivity contribution in [3.8, 4) is 5.75 Å². The molecule has 6 nitrogen and oxygen atoms in total. The van der Waals surface area contributed by atoms with E-state index in [1.807, 2.05) is 56.3 Å². The summed E-state index contributed by atoms with van der Waals surface area (Å²) in [6.45, 7) is 3.98. The Morgan fingerprint density at radius 1 is 0.971 bits per heavy atom. The lowest BCUT2D eigenvalue weighted by Crippen LogP contribution is -2.48. The first-order valence-corrected chi connectivity index (χ1v) is 11.5. The number of hydrogen-bond donors (Lipinski definition) is 2. The number of carbonyl (C=O) groups is 2. The molecule has 3 rings (SSSR count). The van der Waals surface area contributed by atoms with Crippen molar-refractivity contribution in [3.63, 3.8) is 0 Å². The second-order valence-electron chi connectivity index (χ2n) is 7.85. The molecule has 0 saturated heterocycles. The van der Waals surface area contributed by atoms with Crippen LogP contribution in [0, 0.1) is 5.92 Å². The Morgan fingerprint density at radius 3 is 2.35 bits per heavy atom. The van der Waals surface area contributed by atoms with E-state index in [2.05, 4.69) is 15.8 Å². The van der Waals surface area contributed by atoms with Crippen molar-refractivity contribution in [2.24, 2.45) is 11.0 Å². The first-order chi connectivity index (χ1) is 16.3. The van der Waals surface area contributed by atoms with Gasteiger partial charge in [0, 0.05) is 26.7 Å². The highest BCUT2D eigenvalue weighted by Gasteiger charge is 2.24. The molecule has 176 valence electrons. The van der Waals surface area contributed by atoms with Gasteiger partial charge in [0.15, 0.2) is 0 Å². The highest BCUT2D eigenvalue weighted by Crippen LogP contribution is 2.21. The van der Waals surface area contributed by atoms with Gasteiger partial charge >= 0.3 is 0 Å². The molecule has 1 unspecified atom stereocenters. The van der Waals surface area contributed by atoms with Crippen LogP contribution in [-0.4, -0.2) is 24.1 Å². The maximum absolute atomic E-state index is 12.7. The summed E-state index contributed by atoms with van der Waals surface area (Å²) < 4.78 is 5.90. The molecule has 0 radical (unpaired) electrons. The zero-order valence-electron chi connectivity index (χ0n) is 18.8. The number of hydrazone groups is 1. The molecule has 8 heteroatoms.